The summed E-state index contributed by atoms with van der Waals surface area (Å²) in [7, 11) is 0. The van der Waals surface area contributed by atoms with Gasteiger partial charge in [0.2, 0.25) is 5.95 Å². The van der Waals surface area contributed by atoms with Crippen LogP contribution in [0, 0.1) is 0 Å². The van der Waals surface area contributed by atoms with Gasteiger partial charge in [-0.1, -0.05) is 30.1 Å². The third-order valence-electron chi connectivity index (χ3n) is 2.46. The van der Waals surface area contributed by atoms with E-state index in [-0.39, 0.29) is 0 Å². The molecule has 0 spiro atoms. The van der Waals surface area contributed by atoms with Gasteiger partial charge < -0.3 is 10.6 Å². The first-order chi connectivity index (χ1) is 9.60. The Morgan fingerprint density at radius 1 is 1.30 bits per heavy atom. The first kappa shape index (κ1) is 15.4. The Balaban J connectivity index is 2.23. The number of nitrogens with one attached hydrogen (secondary N) is 2. The number of halogens is 3. The van der Waals surface area contributed by atoms with Crippen LogP contribution >= 0.6 is 39.1 Å². The number of anilines is 3. The summed E-state index contributed by atoms with van der Waals surface area (Å²) in [5.41, 5.74) is 0.733. The molecule has 20 heavy (non-hydrogen) atoms. The van der Waals surface area contributed by atoms with Gasteiger partial charge in [0.05, 0.1) is 15.2 Å². The molecule has 0 unspecified atom stereocenters. The zero-order chi connectivity index (χ0) is 14.5. The molecular formula is C13H13BrCl2N4. The number of rotatable bonds is 5. The molecule has 0 aliphatic rings. The van der Waals surface area contributed by atoms with Crippen molar-refractivity contribution >= 4 is 56.6 Å². The van der Waals surface area contributed by atoms with E-state index in [1.54, 1.807) is 24.4 Å². The van der Waals surface area contributed by atoms with Crippen molar-refractivity contribution in [3.05, 3.63) is 38.9 Å². The molecule has 0 fully saturated rings. The van der Waals surface area contributed by atoms with E-state index in [0.717, 1.165) is 23.1 Å². The number of benzene rings is 1. The van der Waals surface area contributed by atoms with Gasteiger partial charge in [0.25, 0.3) is 0 Å². The van der Waals surface area contributed by atoms with Crippen LogP contribution in [-0.2, 0) is 0 Å². The van der Waals surface area contributed by atoms with E-state index in [0.29, 0.717) is 21.8 Å². The van der Waals surface area contributed by atoms with Crippen molar-refractivity contribution in [3.8, 4) is 0 Å². The second-order valence-electron chi connectivity index (χ2n) is 4.07. The zero-order valence-corrected chi connectivity index (χ0v) is 13.8. The maximum absolute atomic E-state index is 6.13. The van der Waals surface area contributed by atoms with Crippen molar-refractivity contribution in [2.75, 3.05) is 17.2 Å². The van der Waals surface area contributed by atoms with Crippen LogP contribution in [0.5, 0.6) is 0 Å². The molecule has 4 nitrogen and oxygen atoms in total. The maximum Gasteiger partial charge on any atom is 0.224 e. The first-order valence-corrected chi connectivity index (χ1v) is 7.63. The normalized spacial score (nSPS) is 10.4. The zero-order valence-electron chi connectivity index (χ0n) is 10.8. The predicted molar refractivity (Wildman–Crippen MR) is 88.3 cm³/mol. The highest BCUT2D eigenvalue weighted by Gasteiger charge is 2.08. The molecule has 1 heterocycles. The Morgan fingerprint density at radius 2 is 2.10 bits per heavy atom. The molecule has 0 aliphatic heterocycles. The molecular weight excluding hydrogens is 363 g/mol. The highest BCUT2D eigenvalue weighted by Crippen LogP contribution is 2.30. The molecule has 2 rings (SSSR count). The molecule has 1 aromatic heterocycles. The van der Waals surface area contributed by atoms with Crippen LogP contribution in [0.2, 0.25) is 10.0 Å². The Kier molecular flexibility index (Phi) is 5.46. The molecule has 0 radical (unpaired) electrons. The Labute approximate surface area is 136 Å². The third kappa shape index (κ3) is 3.98. The molecule has 7 heteroatoms. The SMILES string of the molecule is CCCNc1ncc(Br)c(Nc2ccc(Cl)cc2Cl)n1. The average Bonchev–Trinajstić information content (AvgIpc) is 2.42. The number of aromatic nitrogens is 2. The molecule has 0 bridgehead atoms. The first-order valence-electron chi connectivity index (χ1n) is 6.08. The van der Waals surface area contributed by atoms with Crippen molar-refractivity contribution in [1.29, 1.82) is 0 Å². The lowest BCUT2D eigenvalue weighted by molar-refractivity contribution is 0.952. The minimum atomic E-state index is 0.533. The van der Waals surface area contributed by atoms with Crippen molar-refractivity contribution in [3.63, 3.8) is 0 Å². The topological polar surface area (TPSA) is 49.8 Å². The highest BCUT2D eigenvalue weighted by molar-refractivity contribution is 9.10. The highest BCUT2D eigenvalue weighted by atomic mass is 79.9. The number of nitrogens with zero attached hydrogens (tertiary/aromatic N) is 2. The summed E-state index contributed by atoms with van der Waals surface area (Å²) < 4.78 is 0.755. The van der Waals surface area contributed by atoms with Gasteiger partial charge >= 0.3 is 0 Å². The van der Waals surface area contributed by atoms with E-state index >= 15 is 0 Å². The minimum absolute atomic E-state index is 0.533. The van der Waals surface area contributed by atoms with Crippen molar-refractivity contribution in [2.24, 2.45) is 0 Å². The summed E-state index contributed by atoms with van der Waals surface area (Å²) in [6.45, 7) is 2.90. The van der Waals surface area contributed by atoms with Crippen LogP contribution in [0.15, 0.2) is 28.9 Å². The fraction of sp³-hybridized carbons (Fsp3) is 0.231. The van der Waals surface area contributed by atoms with Crippen LogP contribution < -0.4 is 10.6 Å². The molecule has 0 saturated heterocycles. The molecule has 2 N–H and O–H groups in total. The molecule has 2 aromatic rings. The molecule has 0 aliphatic carbocycles. The Hall–Kier alpha value is -1.04. The summed E-state index contributed by atoms with van der Waals surface area (Å²) >= 11 is 15.4. The summed E-state index contributed by atoms with van der Waals surface area (Å²) in [6.07, 6.45) is 2.70. The second kappa shape index (κ2) is 7.11. The van der Waals surface area contributed by atoms with Crippen molar-refractivity contribution < 1.29 is 0 Å². The summed E-state index contributed by atoms with van der Waals surface area (Å²) in [6, 6.07) is 5.25. The van der Waals surface area contributed by atoms with Gasteiger partial charge in [-0.15, -0.1) is 0 Å². The lowest BCUT2D eigenvalue weighted by atomic mass is 10.3. The standard InChI is InChI=1S/C13H13BrCl2N4/c1-2-5-17-13-18-7-9(14)12(20-13)19-11-4-3-8(15)6-10(11)16/h3-4,6-7H,2,5H2,1H3,(H2,17,18,19,20). The quantitative estimate of drug-likeness (QED) is 0.762. The van der Waals surface area contributed by atoms with E-state index < -0.39 is 0 Å². The average molecular weight is 376 g/mol. The predicted octanol–water partition coefficient (Wildman–Crippen LogP) is 5.11. The van der Waals surface area contributed by atoms with Crippen molar-refractivity contribution in [1.82, 2.24) is 9.97 Å². The smallest absolute Gasteiger partial charge is 0.224 e. The van der Waals surface area contributed by atoms with Crippen LogP contribution in [0.3, 0.4) is 0 Å². The van der Waals surface area contributed by atoms with Gasteiger partial charge in [-0.05, 0) is 40.5 Å². The lowest BCUT2D eigenvalue weighted by Crippen LogP contribution is -2.06. The third-order valence-corrected chi connectivity index (χ3v) is 3.59. The van der Waals surface area contributed by atoms with E-state index in [2.05, 4.69) is 43.5 Å². The Bertz CT molecular complexity index is 607. The molecule has 0 saturated carbocycles. The fourth-order valence-electron chi connectivity index (χ4n) is 1.50. The molecule has 106 valence electrons. The van der Waals surface area contributed by atoms with Crippen LogP contribution in [-0.4, -0.2) is 16.5 Å². The lowest BCUT2D eigenvalue weighted by Gasteiger charge is -2.11. The second-order valence-corrected chi connectivity index (χ2v) is 5.76. The van der Waals surface area contributed by atoms with E-state index in [9.17, 15) is 0 Å². The van der Waals surface area contributed by atoms with Crippen LogP contribution in [0.25, 0.3) is 0 Å². The van der Waals surface area contributed by atoms with Crippen LogP contribution in [0.4, 0.5) is 17.5 Å². The fourth-order valence-corrected chi connectivity index (χ4v) is 2.24. The molecule has 1 aromatic carbocycles. The molecule has 0 amide bonds. The van der Waals surface area contributed by atoms with Crippen LogP contribution in [0.1, 0.15) is 13.3 Å². The number of hydrogen-bond donors (Lipinski definition) is 2. The van der Waals surface area contributed by atoms with Gasteiger partial charge in [-0.2, -0.15) is 4.98 Å². The summed E-state index contributed by atoms with van der Waals surface area (Å²) in [4.78, 5) is 8.59. The summed E-state index contributed by atoms with van der Waals surface area (Å²) in [5.74, 6) is 1.21. The van der Waals surface area contributed by atoms with E-state index in [1.165, 1.54) is 0 Å². The van der Waals surface area contributed by atoms with Gasteiger partial charge in [0, 0.05) is 17.8 Å². The van der Waals surface area contributed by atoms with Gasteiger partial charge in [-0.25, -0.2) is 4.98 Å². The van der Waals surface area contributed by atoms with Gasteiger partial charge in [0.15, 0.2) is 0 Å². The van der Waals surface area contributed by atoms with E-state index in [1.807, 2.05) is 0 Å². The largest absolute Gasteiger partial charge is 0.354 e. The maximum atomic E-state index is 6.13. The van der Waals surface area contributed by atoms with Gasteiger partial charge in [0.1, 0.15) is 5.82 Å². The minimum Gasteiger partial charge on any atom is -0.354 e. The molecule has 0 atom stereocenters. The monoisotopic (exact) mass is 374 g/mol. The summed E-state index contributed by atoms with van der Waals surface area (Å²) in [5, 5.41) is 7.41. The van der Waals surface area contributed by atoms with Gasteiger partial charge in [-0.3, -0.25) is 0 Å². The van der Waals surface area contributed by atoms with Crippen molar-refractivity contribution in [2.45, 2.75) is 13.3 Å². The van der Waals surface area contributed by atoms with E-state index in [4.69, 9.17) is 23.2 Å². The Morgan fingerprint density at radius 3 is 2.80 bits per heavy atom. The number of hydrogen-bond acceptors (Lipinski definition) is 4.